The monoisotopic (exact) mass is 287 g/mol. The second-order valence-corrected chi connectivity index (χ2v) is 6.09. The molecule has 2 N–H and O–H groups in total. The Morgan fingerprint density at radius 2 is 2.10 bits per heavy atom. The van der Waals surface area contributed by atoms with E-state index < -0.39 is 11.5 Å². The van der Waals surface area contributed by atoms with Gasteiger partial charge in [0.2, 0.25) is 0 Å². The van der Waals surface area contributed by atoms with Gasteiger partial charge in [0.05, 0.1) is 12.7 Å². The van der Waals surface area contributed by atoms with Crippen LogP contribution in [0, 0.1) is 0 Å². The van der Waals surface area contributed by atoms with Crippen molar-refractivity contribution in [1.29, 1.82) is 0 Å². The van der Waals surface area contributed by atoms with Crippen LogP contribution < -0.4 is 5.32 Å². The topological polar surface area (TPSA) is 82.1 Å². The van der Waals surface area contributed by atoms with Crippen molar-refractivity contribution >= 4 is 12.0 Å². The maximum atomic E-state index is 12.1. The molecule has 1 aliphatic rings. The average Bonchev–Trinajstić information content (AvgIpc) is 2.31. The number of hydrogen-bond acceptors (Lipinski definition) is 4. The zero-order valence-electron chi connectivity index (χ0n) is 12.7. The van der Waals surface area contributed by atoms with Crippen molar-refractivity contribution in [3.63, 3.8) is 0 Å². The second kappa shape index (κ2) is 6.90. The first-order valence-electron chi connectivity index (χ1n) is 6.77. The van der Waals surface area contributed by atoms with Gasteiger partial charge in [-0.15, -0.1) is 0 Å². The number of nitrogens with one attached hydrogen (secondary N) is 1. The van der Waals surface area contributed by atoms with Crippen LogP contribution in [0.3, 0.4) is 0 Å². The van der Waals surface area contributed by atoms with E-state index >= 15 is 0 Å². The summed E-state index contributed by atoms with van der Waals surface area (Å²) < 4.78 is 5.55. The Balaban J connectivity index is 2.51. The number of hydrogen-bond donors (Lipinski definition) is 2. The van der Waals surface area contributed by atoms with Crippen molar-refractivity contribution in [3.05, 3.63) is 0 Å². The molecule has 1 rings (SSSR count). The van der Waals surface area contributed by atoms with E-state index in [9.17, 15) is 9.59 Å². The fourth-order valence-electron chi connectivity index (χ4n) is 2.04. The summed E-state index contributed by atoms with van der Waals surface area (Å²) in [5.74, 6) is -1.02. The van der Waals surface area contributed by atoms with Crippen molar-refractivity contribution in [2.45, 2.75) is 32.4 Å². The first-order valence-corrected chi connectivity index (χ1v) is 6.77. The first-order chi connectivity index (χ1) is 9.20. The summed E-state index contributed by atoms with van der Waals surface area (Å²) in [6.45, 7) is 7.78. The normalized spacial score (nSPS) is 20.5. The van der Waals surface area contributed by atoms with Crippen LogP contribution in [0.1, 0.15) is 20.8 Å². The fraction of sp³-hybridized carbons (Fsp3) is 0.846. The van der Waals surface area contributed by atoms with E-state index in [2.05, 4.69) is 10.2 Å². The summed E-state index contributed by atoms with van der Waals surface area (Å²) in [4.78, 5) is 26.4. The molecule has 1 saturated heterocycles. The van der Waals surface area contributed by atoms with E-state index in [0.717, 1.165) is 13.1 Å². The molecule has 1 heterocycles. The molecule has 7 nitrogen and oxygen atoms in total. The molecule has 0 spiro atoms. The van der Waals surface area contributed by atoms with Gasteiger partial charge in [0.1, 0.15) is 6.54 Å². The number of amides is 2. The van der Waals surface area contributed by atoms with E-state index in [1.807, 2.05) is 7.05 Å². The molecule has 20 heavy (non-hydrogen) atoms. The number of ether oxygens (including phenoxy) is 1. The Morgan fingerprint density at radius 3 is 2.60 bits per heavy atom. The highest BCUT2D eigenvalue weighted by Crippen LogP contribution is 2.13. The lowest BCUT2D eigenvalue weighted by atomic mass is 10.1. The first kappa shape index (κ1) is 16.7. The third kappa shape index (κ3) is 5.34. The van der Waals surface area contributed by atoms with Crippen LogP contribution in [0.4, 0.5) is 4.79 Å². The molecule has 7 heteroatoms. The largest absolute Gasteiger partial charge is 0.480 e. The number of carbonyl (C=O) groups excluding carboxylic acids is 1. The molecular weight excluding hydrogens is 262 g/mol. The van der Waals surface area contributed by atoms with E-state index in [1.165, 1.54) is 4.90 Å². The van der Waals surface area contributed by atoms with Crippen molar-refractivity contribution < 1.29 is 19.4 Å². The predicted octanol–water partition coefficient (Wildman–Crippen LogP) is 0.212. The third-order valence-electron chi connectivity index (χ3n) is 3.17. The summed E-state index contributed by atoms with van der Waals surface area (Å²) in [6, 6.07) is -0.378. The third-order valence-corrected chi connectivity index (χ3v) is 3.17. The molecule has 2 amide bonds. The minimum absolute atomic E-state index is 0.0515. The summed E-state index contributed by atoms with van der Waals surface area (Å²) >= 11 is 0. The fourth-order valence-corrected chi connectivity index (χ4v) is 2.04. The molecular formula is C13H25N3O4. The molecule has 1 atom stereocenters. The maximum Gasteiger partial charge on any atom is 0.323 e. The quantitative estimate of drug-likeness (QED) is 0.772. The molecule has 0 aromatic rings. The van der Waals surface area contributed by atoms with Gasteiger partial charge in [0.25, 0.3) is 0 Å². The minimum Gasteiger partial charge on any atom is -0.480 e. The number of urea groups is 1. The highest BCUT2D eigenvalue weighted by atomic mass is 16.5. The van der Waals surface area contributed by atoms with Crippen molar-refractivity contribution in [1.82, 2.24) is 15.1 Å². The van der Waals surface area contributed by atoms with Crippen molar-refractivity contribution in [3.8, 4) is 0 Å². The summed E-state index contributed by atoms with van der Waals surface area (Å²) in [7, 11) is 2.00. The lowest BCUT2D eigenvalue weighted by Gasteiger charge is -2.35. The van der Waals surface area contributed by atoms with Crippen LogP contribution in [0.2, 0.25) is 0 Å². The number of likely N-dealkylation sites (N-methyl/N-ethyl adjacent to an activating group) is 1. The zero-order chi connectivity index (χ0) is 15.3. The highest BCUT2D eigenvalue weighted by Gasteiger charge is 2.29. The second-order valence-electron chi connectivity index (χ2n) is 6.09. The van der Waals surface area contributed by atoms with Crippen LogP contribution in [0.15, 0.2) is 0 Å². The summed E-state index contributed by atoms with van der Waals surface area (Å²) in [5, 5.41) is 11.7. The Labute approximate surface area is 119 Å². The molecule has 0 aliphatic carbocycles. The molecule has 0 aromatic carbocycles. The Morgan fingerprint density at radius 1 is 1.45 bits per heavy atom. The molecule has 0 bridgehead atoms. The van der Waals surface area contributed by atoms with Crippen LogP contribution in [0.25, 0.3) is 0 Å². The van der Waals surface area contributed by atoms with Gasteiger partial charge >= 0.3 is 12.0 Å². The lowest BCUT2D eigenvalue weighted by molar-refractivity contribution is -0.138. The lowest BCUT2D eigenvalue weighted by Crippen LogP contribution is -2.54. The molecule has 1 aliphatic heterocycles. The minimum atomic E-state index is -1.02. The van der Waals surface area contributed by atoms with Gasteiger partial charge in [-0.05, 0) is 27.8 Å². The van der Waals surface area contributed by atoms with E-state index in [1.54, 1.807) is 20.8 Å². The molecule has 0 radical (unpaired) electrons. The molecule has 1 fully saturated rings. The molecule has 1 unspecified atom stereocenters. The number of morpholine rings is 1. The van der Waals surface area contributed by atoms with E-state index in [4.69, 9.17) is 9.84 Å². The number of carbonyl (C=O) groups is 2. The van der Waals surface area contributed by atoms with Crippen LogP contribution >= 0.6 is 0 Å². The van der Waals surface area contributed by atoms with Gasteiger partial charge in [-0.3, -0.25) is 4.79 Å². The van der Waals surface area contributed by atoms with Gasteiger partial charge in [-0.25, -0.2) is 4.79 Å². The van der Waals surface area contributed by atoms with E-state index in [-0.39, 0.29) is 18.7 Å². The van der Waals surface area contributed by atoms with Gasteiger partial charge in [0.15, 0.2) is 0 Å². The predicted molar refractivity (Wildman–Crippen MR) is 74.7 cm³/mol. The summed E-state index contributed by atoms with van der Waals surface area (Å²) in [5.41, 5.74) is -0.549. The molecule has 0 saturated carbocycles. The van der Waals surface area contributed by atoms with Crippen LogP contribution in [-0.2, 0) is 9.53 Å². The number of rotatable bonds is 4. The van der Waals surface area contributed by atoms with Crippen LogP contribution in [-0.4, -0.2) is 78.4 Å². The average molecular weight is 287 g/mol. The molecule has 116 valence electrons. The number of nitrogens with zero attached hydrogens (tertiary/aromatic N) is 2. The van der Waals surface area contributed by atoms with Crippen molar-refractivity contribution in [2.75, 3.05) is 39.8 Å². The van der Waals surface area contributed by atoms with Gasteiger partial charge in [-0.2, -0.15) is 0 Å². The maximum absolute atomic E-state index is 12.1. The number of carboxylic acid groups (broad SMARTS) is 1. The number of aliphatic carboxylic acids is 1. The standard InChI is InChI=1S/C13H25N3O4/c1-13(2,3)16(9-11(17)18)12(19)14-7-10-8-15(4)5-6-20-10/h10H,5-9H2,1-4H3,(H,14,19)(H,17,18). The van der Waals surface area contributed by atoms with Gasteiger partial charge in [0, 0.05) is 25.2 Å². The van der Waals surface area contributed by atoms with Crippen molar-refractivity contribution in [2.24, 2.45) is 0 Å². The number of carboxylic acids is 1. The highest BCUT2D eigenvalue weighted by molar-refractivity contribution is 5.80. The van der Waals surface area contributed by atoms with Gasteiger partial charge in [-0.1, -0.05) is 0 Å². The van der Waals surface area contributed by atoms with Gasteiger partial charge < -0.3 is 25.0 Å². The Bertz CT molecular complexity index is 354. The Kier molecular flexibility index (Phi) is 5.76. The molecule has 0 aromatic heterocycles. The Hall–Kier alpha value is -1.34. The SMILES string of the molecule is CN1CCOC(CNC(=O)N(CC(=O)O)C(C)(C)C)C1. The summed E-state index contributed by atoms with van der Waals surface area (Å²) in [6.07, 6.45) is -0.0515. The van der Waals surface area contributed by atoms with E-state index in [0.29, 0.717) is 13.2 Å². The smallest absolute Gasteiger partial charge is 0.323 e. The zero-order valence-corrected chi connectivity index (χ0v) is 12.7. The van der Waals surface area contributed by atoms with Crippen LogP contribution in [0.5, 0.6) is 0 Å².